The Morgan fingerprint density at radius 1 is 1.30 bits per heavy atom. The summed E-state index contributed by atoms with van der Waals surface area (Å²) in [5, 5.41) is 8.41. The van der Waals surface area contributed by atoms with E-state index in [1.165, 1.54) is 0 Å². The van der Waals surface area contributed by atoms with E-state index in [-0.39, 0.29) is 0 Å². The Labute approximate surface area is 59.9 Å². The van der Waals surface area contributed by atoms with Crippen LogP contribution in [0.4, 0.5) is 0 Å². The fourth-order valence-corrected chi connectivity index (χ4v) is 1.38. The first-order valence-corrected chi connectivity index (χ1v) is 3.62. The molecule has 10 heavy (non-hydrogen) atoms. The molecule has 1 N–H and O–H groups in total. The average Bonchev–Trinajstić information content (AvgIpc) is 2.06. The minimum atomic E-state index is -0.863. The Balaban J connectivity index is 2.52. The molecule has 0 spiro atoms. The van der Waals surface area contributed by atoms with Crippen LogP contribution in [0.5, 0.6) is 0 Å². The lowest BCUT2D eigenvalue weighted by Gasteiger charge is -2.27. The lowest BCUT2D eigenvalue weighted by Crippen LogP contribution is -2.35. The predicted molar refractivity (Wildman–Crippen MR) is 35.6 cm³/mol. The Morgan fingerprint density at radius 2 is 1.90 bits per heavy atom. The van der Waals surface area contributed by atoms with Crippen LogP contribution >= 0.6 is 0 Å². The Morgan fingerprint density at radius 3 is 2.20 bits per heavy atom. The molecule has 0 amide bonds. The number of carbonyl (C=O) groups is 1. The molecule has 3 heteroatoms. The van der Waals surface area contributed by atoms with E-state index in [1.54, 1.807) is 0 Å². The van der Waals surface area contributed by atoms with E-state index < -0.39 is 5.60 Å². The lowest BCUT2D eigenvalue weighted by atomic mass is 9.86. The number of aldehydes is 1. The molecule has 0 unspecified atom stereocenters. The lowest BCUT2D eigenvalue weighted by molar-refractivity contribution is -0.313. The van der Waals surface area contributed by atoms with Gasteiger partial charge in [0.15, 0.2) is 11.9 Å². The maximum atomic E-state index is 10.4. The van der Waals surface area contributed by atoms with Gasteiger partial charge in [0.05, 0.1) is 0 Å². The van der Waals surface area contributed by atoms with Crippen LogP contribution in [0.1, 0.15) is 32.1 Å². The summed E-state index contributed by atoms with van der Waals surface area (Å²) in [6.45, 7) is 0. The zero-order valence-corrected chi connectivity index (χ0v) is 5.88. The highest BCUT2D eigenvalue weighted by molar-refractivity contribution is 5.62. The predicted octanol–water partition coefficient (Wildman–Crippen LogP) is 1.38. The second-order valence-corrected chi connectivity index (χ2v) is 2.83. The molecule has 0 atom stereocenters. The van der Waals surface area contributed by atoms with Crippen LogP contribution < -0.4 is 0 Å². The van der Waals surface area contributed by atoms with E-state index in [0.29, 0.717) is 19.1 Å². The van der Waals surface area contributed by atoms with Crippen molar-refractivity contribution in [1.82, 2.24) is 0 Å². The van der Waals surface area contributed by atoms with Crippen LogP contribution in [0.25, 0.3) is 0 Å². The van der Waals surface area contributed by atoms with Crippen molar-refractivity contribution in [3.63, 3.8) is 0 Å². The third-order valence-corrected chi connectivity index (χ3v) is 2.10. The van der Waals surface area contributed by atoms with Gasteiger partial charge < -0.3 is 4.79 Å². The van der Waals surface area contributed by atoms with Crippen LogP contribution in [0.3, 0.4) is 0 Å². The van der Waals surface area contributed by atoms with E-state index in [4.69, 9.17) is 5.26 Å². The quantitative estimate of drug-likeness (QED) is 0.362. The van der Waals surface area contributed by atoms with Gasteiger partial charge in [0.1, 0.15) is 0 Å². The van der Waals surface area contributed by atoms with Gasteiger partial charge in [-0.1, -0.05) is 6.42 Å². The van der Waals surface area contributed by atoms with E-state index in [1.807, 2.05) is 0 Å². The van der Waals surface area contributed by atoms with Gasteiger partial charge in [0, 0.05) is 0 Å². The van der Waals surface area contributed by atoms with Crippen molar-refractivity contribution >= 4 is 6.29 Å². The smallest absolute Gasteiger partial charge is 0.158 e. The molecule has 0 bridgehead atoms. The first-order chi connectivity index (χ1) is 4.83. The zero-order chi connectivity index (χ0) is 7.45. The Bertz CT molecular complexity index is 116. The maximum absolute atomic E-state index is 10.4. The Kier molecular flexibility index (Phi) is 2.40. The number of hydrogen-bond acceptors (Lipinski definition) is 3. The van der Waals surface area contributed by atoms with Crippen molar-refractivity contribution in [2.24, 2.45) is 0 Å². The van der Waals surface area contributed by atoms with Gasteiger partial charge in [-0.3, -0.25) is 5.26 Å². The van der Waals surface area contributed by atoms with Crippen molar-refractivity contribution < 1.29 is 14.9 Å². The van der Waals surface area contributed by atoms with Gasteiger partial charge in [-0.05, 0) is 25.7 Å². The fourth-order valence-electron chi connectivity index (χ4n) is 1.38. The zero-order valence-electron chi connectivity index (χ0n) is 5.88. The van der Waals surface area contributed by atoms with E-state index in [2.05, 4.69) is 4.89 Å². The Hall–Kier alpha value is -0.410. The van der Waals surface area contributed by atoms with Crippen LogP contribution in [-0.4, -0.2) is 17.1 Å². The molecule has 1 aliphatic rings. The van der Waals surface area contributed by atoms with Crippen LogP contribution in [0, 0.1) is 0 Å². The maximum Gasteiger partial charge on any atom is 0.158 e. The molecule has 1 aliphatic carbocycles. The first kappa shape index (κ1) is 7.69. The second kappa shape index (κ2) is 3.12. The third kappa shape index (κ3) is 1.36. The van der Waals surface area contributed by atoms with Crippen molar-refractivity contribution in [2.75, 3.05) is 0 Å². The molecule has 0 aromatic heterocycles. The number of rotatable bonds is 2. The molecule has 0 aliphatic heterocycles. The summed E-state index contributed by atoms with van der Waals surface area (Å²) in [6.07, 6.45) is 5.11. The highest BCUT2D eigenvalue weighted by Crippen LogP contribution is 2.28. The molecule has 0 aromatic rings. The summed E-state index contributed by atoms with van der Waals surface area (Å²) in [5.41, 5.74) is -0.863. The van der Waals surface area contributed by atoms with E-state index in [9.17, 15) is 4.79 Å². The van der Waals surface area contributed by atoms with Gasteiger partial charge in [-0.2, -0.15) is 0 Å². The van der Waals surface area contributed by atoms with Gasteiger partial charge in [-0.25, -0.2) is 4.89 Å². The summed E-state index contributed by atoms with van der Waals surface area (Å²) >= 11 is 0. The third-order valence-electron chi connectivity index (χ3n) is 2.10. The highest BCUT2D eigenvalue weighted by Gasteiger charge is 2.32. The minimum absolute atomic E-state index is 0.660. The second-order valence-electron chi connectivity index (χ2n) is 2.83. The first-order valence-electron chi connectivity index (χ1n) is 3.62. The minimum Gasteiger partial charge on any atom is -0.300 e. The largest absolute Gasteiger partial charge is 0.300 e. The standard InChI is InChI=1S/C7H12O3/c8-6-7(10-9)4-2-1-3-5-7/h6,9H,1-5H2. The van der Waals surface area contributed by atoms with Gasteiger partial charge >= 0.3 is 0 Å². The summed E-state index contributed by atoms with van der Waals surface area (Å²) in [4.78, 5) is 14.6. The van der Waals surface area contributed by atoms with E-state index >= 15 is 0 Å². The molecule has 0 saturated heterocycles. The molecule has 1 rings (SSSR count). The molecule has 1 saturated carbocycles. The van der Waals surface area contributed by atoms with Crippen molar-refractivity contribution in [1.29, 1.82) is 0 Å². The van der Waals surface area contributed by atoms with E-state index in [0.717, 1.165) is 19.3 Å². The summed E-state index contributed by atoms with van der Waals surface area (Å²) in [6, 6.07) is 0. The summed E-state index contributed by atoms with van der Waals surface area (Å²) in [5.74, 6) is 0. The molecular formula is C7H12O3. The van der Waals surface area contributed by atoms with Gasteiger partial charge in [0.2, 0.25) is 0 Å². The van der Waals surface area contributed by atoms with Crippen LogP contribution in [0.15, 0.2) is 0 Å². The molecule has 3 nitrogen and oxygen atoms in total. The summed E-state index contributed by atoms with van der Waals surface area (Å²) in [7, 11) is 0. The normalized spacial score (nSPS) is 24.1. The van der Waals surface area contributed by atoms with Gasteiger partial charge in [0.25, 0.3) is 0 Å². The monoisotopic (exact) mass is 144 g/mol. The number of carbonyl (C=O) groups excluding carboxylic acids is 1. The molecule has 1 fully saturated rings. The SMILES string of the molecule is O=CC1(OO)CCCCC1. The van der Waals surface area contributed by atoms with Crippen LogP contribution in [-0.2, 0) is 9.68 Å². The average molecular weight is 144 g/mol. The molecule has 0 radical (unpaired) electrons. The van der Waals surface area contributed by atoms with Gasteiger partial charge in [-0.15, -0.1) is 0 Å². The topological polar surface area (TPSA) is 46.5 Å². The van der Waals surface area contributed by atoms with Crippen LogP contribution in [0.2, 0.25) is 0 Å². The van der Waals surface area contributed by atoms with Crippen molar-refractivity contribution in [3.05, 3.63) is 0 Å². The number of hydrogen-bond donors (Lipinski definition) is 1. The summed E-state index contributed by atoms with van der Waals surface area (Å²) < 4.78 is 0. The molecule has 0 aromatic carbocycles. The molecule has 58 valence electrons. The highest BCUT2D eigenvalue weighted by atomic mass is 17.1. The molecular weight excluding hydrogens is 132 g/mol. The van der Waals surface area contributed by atoms with Crippen molar-refractivity contribution in [2.45, 2.75) is 37.7 Å². The fraction of sp³-hybridized carbons (Fsp3) is 0.857. The van der Waals surface area contributed by atoms with Crippen molar-refractivity contribution in [3.8, 4) is 0 Å². The molecule has 0 heterocycles.